The van der Waals surface area contributed by atoms with E-state index in [1.165, 1.54) is 6.20 Å². The Bertz CT molecular complexity index is 804. The summed E-state index contributed by atoms with van der Waals surface area (Å²) in [5.41, 5.74) is 12.5. The van der Waals surface area contributed by atoms with Gasteiger partial charge in [0.25, 0.3) is 5.91 Å². The van der Waals surface area contributed by atoms with Crippen molar-refractivity contribution in [1.29, 1.82) is 0 Å². The second kappa shape index (κ2) is 6.23. The summed E-state index contributed by atoms with van der Waals surface area (Å²) in [6.45, 7) is 0. The highest BCUT2D eigenvalue weighted by Crippen LogP contribution is 2.44. The van der Waals surface area contributed by atoms with E-state index in [0.717, 1.165) is 18.5 Å². The third kappa shape index (κ3) is 2.78. The van der Waals surface area contributed by atoms with Crippen LogP contribution in [0.1, 0.15) is 34.8 Å². The maximum atomic E-state index is 12.3. The van der Waals surface area contributed by atoms with Crippen LogP contribution in [-0.4, -0.2) is 35.9 Å². The van der Waals surface area contributed by atoms with Gasteiger partial charge >= 0.3 is 0 Å². The zero-order valence-corrected chi connectivity index (χ0v) is 13.5. The molecule has 0 aliphatic heterocycles. The number of methoxy groups -OCH3 is 2. The zero-order valence-electron chi connectivity index (χ0n) is 13.5. The van der Waals surface area contributed by atoms with Gasteiger partial charge in [0.05, 0.1) is 31.7 Å². The van der Waals surface area contributed by atoms with Gasteiger partial charge in [-0.15, -0.1) is 0 Å². The van der Waals surface area contributed by atoms with Crippen molar-refractivity contribution in [2.45, 2.75) is 18.8 Å². The molecular weight excluding hydrogens is 310 g/mol. The summed E-state index contributed by atoms with van der Waals surface area (Å²) < 4.78 is 12.5. The van der Waals surface area contributed by atoms with Crippen molar-refractivity contribution in [3.8, 4) is 17.2 Å². The van der Waals surface area contributed by atoms with Gasteiger partial charge < -0.3 is 20.9 Å². The number of nitrogens with two attached hydrogens (primary N) is 2. The normalized spacial score (nSPS) is 13.4. The molecule has 0 spiro atoms. The van der Waals surface area contributed by atoms with Crippen LogP contribution in [0.15, 0.2) is 29.4 Å². The lowest BCUT2D eigenvalue weighted by atomic mass is 10.1. The molecule has 1 aromatic heterocycles. The van der Waals surface area contributed by atoms with Crippen molar-refractivity contribution < 1.29 is 14.3 Å². The van der Waals surface area contributed by atoms with Crippen molar-refractivity contribution in [2.75, 3.05) is 14.2 Å². The molecule has 1 aliphatic rings. The number of benzene rings is 1. The molecular formula is C16H19N5O3. The van der Waals surface area contributed by atoms with E-state index in [1.54, 1.807) is 25.0 Å². The molecule has 1 saturated carbocycles. The van der Waals surface area contributed by atoms with E-state index in [-0.39, 0.29) is 11.9 Å². The van der Waals surface area contributed by atoms with E-state index in [2.05, 4.69) is 10.1 Å². The number of hydrogen-bond acceptors (Lipinski definition) is 4. The van der Waals surface area contributed by atoms with Gasteiger partial charge in [0.15, 0.2) is 17.5 Å². The first kappa shape index (κ1) is 15.9. The Morgan fingerprint density at radius 1 is 1.29 bits per heavy atom. The molecule has 2 aromatic rings. The van der Waals surface area contributed by atoms with Crippen molar-refractivity contribution in [1.82, 2.24) is 9.78 Å². The highest BCUT2D eigenvalue weighted by atomic mass is 16.5. The molecule has 0 saturated heterocycles. The van der Waals surface area contributed by atoms with E-state index < -0.39 is 5.91 Å². The van der Waals surface area contributed by atoms with Crippen LogP contribution in [0, 0.1) is 0 Å². The minimum Gasteiger partial charge on any atom is -0.493 e. The number of guanidine groups is 1. The quantitative estimate of drug-likeness (QED) is 0.628. The Hall–Kier alpha value is -3.03. The number of rotatable bonds is 5. The molecule has 1 aliphatic carbocycles. The van der Waals surface area contributed by atoms with Gasteiger partial charge in [0, 0.05) is 5.92 Å². The lowest BCUT2D eigenvalue weighted by Gasteiger charge is -2.14. The van der Waals surface area contributed by atoms with Crippen LogP contribution in [0.5, 0.6) is 11.5 Å². The largest absolute Gasteiger partial charge is 0.493 e. The summed E-state index contributed by atoms with van der Waals surface area (Å²) in [6.07, 6.45) is 3.46. The molecule has 8 heteroatoms. The molecule has 1 amide bonds. The third-order valence-corrected chi connectivity index (χ3v) is 3.84. The zero-order chi connectivity index (χ0) is 17.3. The summed E-state index contributed by atoms with van der Waals surface area (Å²) in [4.78, 5) is 15.9. The van der Waals surface area contributed by atoms with Gasteiger partial charge in [-0.1, -0.05) is 6.07 Å². The average Bonchev–Trinajstić information content (AvgIpc) is 3.31. The van der Waals surface area contributed by atoms with E-state index >= 15 is 0 Å². The predicted octanol–water partition coefficient (Wildman–Crippen LogP) is 1.18. The number of aromatic nitrogens is 2. The van der Waals surface area contributed by atoms with Gasteiger partial charge in [-0.3, -0.25) is 4.79 Å². The molecule has 126 valence electrons. The lowest BCUT2D eigenvalue weighted by Crippen LogP contribution is -2.24. The lowest BCUT2D eigenvalue weighted by molar-refractivity contribution is 0.100. The standard InChI is InChI=1S/C16H19N5O3/c1-23-12-5-3-4-11(14(12)24-2)21-13(9-6-7-9)10(8-19-21)15(22)20-16(17)18/h3-5,8-9H,6-7H2,1-2H3,(H4,17,18,20,22). The number of aliphatic imine (C=N–C) groups is 1. The monoisotopic (exact) mass is 329 g/mol. The first-order chi connectivity index (χ1) is 11.6. The van der Waals surface area contributed by atoms with E-state index in [9.17, 15) is 4.79 Å². The fourth-order valence-electron chi connectivity index (χ4n) is 2.68. The van der Waals surface area contributed by atoms with Crippen LogP contribution >= 0.6 is 0 Å². The Morgan fingerprint density at radius 3 is 2.62 bits per heavy atom. The van der Waals surface area contributed by atoms with E-state index in [1.807, 2.05) is 12.1 Å². The summed E-state index contributed by atoms with van der Waals surface area (Å²) in [5.74, 6) is 0.616. The van der Waals surface area contributed by atoms with Crippen LogP contribution in [0.4, 0.5) is 0 Å². The Morgan fingerprint density at radius 2 is 2.04 bits per heavy atom. The maximum Gasteiger partial charge on any atom is 0.283 e. The number of para-hydroxylation sites is 1. The van der Waals surface area contributed by atoms with Crippen LogP contribution in [0.2, 0.25) is 0 Å². The fraction of sp³-hybridized carbons (Fsp3) is 0.312. The number of ether oxygens (including phenoxy) is 2. The molecule has 4 N–H and O–H groups in total. The van der Waals surface area contributed by atoms with Crippen LogP contribution in [-0.2, 0) is 0 Å². The number of carbonyl (C=O) groups excluding carboxylic acids is 1. The molecule has 0 radical (unpaired) electrons. The topological polar surface area (TPSA) is 118 Å². The number of carbonyl (C=O) groups is 1. The first-order valence-corrected chi connectivity index (χ1v) is 7.50. The predicted molar refractivity (Wildman–Crippen MR) is 88.8 cm³/mol. The molecule has 0 unspecified atom stereocenters. The summed E-state index contributed by atoms with van der Waals surface area (Å²) >= 11 is 0. The smallest absolute Gasteiger partial charge is 0.283 e. The highest BCUT2D eigenvalue weighted by molar-refractivity contribution is 6.02. The van der Waals surface area contributed by atoms with Crippen LogP contribution in [0.25, 0.3) is 5.69 Å². The first-order valence-electron chi connectivity index (χ1n) is 7.50. The molecule has 24 heavy (non-hydrogen) atoms. The van der Waals surface area contributed by atoms with Gasteiger partial charge in [-0.2, -0.15) is 10.1 Å². The molecule has 0 bridgehead atoms. The number of hydrogen-bond donors (Lipinski definition) is 2. The van der Waals surface area contributed by atoms with Gasteiger partial charge in [-0.25, -0.2) is 4.68 Å². The van der Waals surface area contributed by atoms with Gasteiger partial charge in [-0.05, 0) is 25.0 Å². The van der Waals surface area contributed by atoms with Crippen LogP contribution in [0.3, 0.4) is 0 Å². The SMILES string of the molecule is COc1cccc(-n2ncc(C(=O)N=C(N)N)c2C2CC2)c1OC. The Labute approximate surface area is 139 Å². The fourth-order valence-corrected chi connectivity index (χ4v) is 2.68. The summed E-state index contributed by atoms with van der Waals surface area (Å²) in [5, 5.41) is 4.37. The van der Waals surface area contributed by atoms with Crippen molar-refractivity contribution >= 4 is 11.9 Å². The molecule has 8 nitrogen and oxygen atoms in total. The number of nitrogens with zero attached hydrogens (tertiary/aromatic N) is 3. The van der Waals surface area contributed by atoms with E-state index in [0.29, 0.717) is 22.7 Å². The maximum absolute atomic E-state index is 12.3. The third-order valence-electron chi connectivity index (χ3n) is 3.84. The molecule has 1 aromatic carbocycles. The van der Waals surface area contributed by atoms with Gasteiger partial charge in [0.2, 0.25) is 0 Å². The van der Waals surface area contributed by atoms with E-state index in [4.69, 9.17) is 20.9 Å². The molecule has 0 atom stereocenters. The Kier molecular flexibility index (Phi) is 4.11. The second-order valence-corrected chi connectivity index (χ2v) is 5.48. The molecule has 3 rings (SSSR count). The summed E-state index contributed by atoms with van der Waals surface area (Å²) in [6, 6.07) is 5.50. The van der Waals surface area contributed by atoms with Gasteiger partial charge in [0.1, 0.15) is 5.69 Å². The minimum absolute atomic E-state index is 0.247. The van der Waals surface area contributed by atoms with Crippen molar-refractivity contribution in [3.63, 3.8) is 0 Å². The van der Waals surface area contributed by atoms with Crippen molar-refractivity contribution in [2.24, 2.45) is 16.5 Å². The summed E-state index contributed by atoms with van der Waals surface area (Å²) in [7, 11) is 3.13. The average molecular weight is 329 g/mol. The Balaban J connectivity index is 2.15. The number of amides is 1. The second-order valence-electron chi connectivity index (χ2n) is 5.48. The molecule has 1 heterocycles. The van der Waals surface area contributed by atoms with Crippen molar-refractivity contribution in [3.05, 3.63) is 35.7 Å². The van der Waals surface area contributed by atoms with Crippen LogP contribution < -0.4 is 20.9 Å². The molecule has 1 fully saturated rings. The minimum atomic E-state index is -0.495. The highest BCUT2D eigenvalue weighted by Gasteiger charge is 2.33.